The van der Waals surface area contributed by atoms with Crippen molar-refractivity contribution in [3.8, 4) is 11.1 Å². The van der Waals surface area contributed by atoms with Gasteiger partial charge in [0.2, 0.25) is 0 Å². The van der Waals surface area contributed by atoms with Gasteiger partial charge in [0, 0.05) is 41.6 Å². The fourth-order valence-corrected chi connectivity index (χ4v) is 3.49. The summed E-state index contributed by atoms with van der Waals surface area (Å²) >= 11 is 5.94. The highest BCUT2D eigenvalue weighted by molar-refractivity contribution is 6.30. The number of fused-ring (bicyclic) bond motifs is 1. The molecule has 0 bridgehead atoms. The Morgan fingerprint density at radius 3 is 2.64 bits per heavy atom. The van der Waals surface area contributed by atoms with Crippen LogP contribution in [0.5, 0.6) is 0 Å². The molecule has 25 heavy (non-hydrogen) atoms. The molecule has 1 aliphatic rings. The van der Waals surface area contributed by atoms with E-state index < -0.39 is 0 Å². The molecule has 3 aromatic rings. The van der Waals surface area contributed by atoms with Gasteiger partial charge in [-0.2, -0.15) is 0 Å². The van der Waals surface area contributed by atoms with Crippen LogP contribution in [0.3, 0.4) is 0 Å². The maximum Gasteiger partial charge on any atom is 0.255 e. The van der Waals surface area contributed by atoms with Gasteiger partial charge in [0.1, 0.15) is 0 Å². The zero-order valence-corrected chi connectivity index (χ0v) is 14.6. The number of benzene rings is 2. The van der Waals surface area contributed by atoms with E-state index in [9.17, 15) is 4.79 Å². The Morgan fingerprint density at radius 1 is 1.12 bits per heavy atom. The highest BCUT2D eigenvalue weighted by atomic mass is 35.5. The van der Waals surface area contributed by atoms with Crippen LogP contribution in [0.2, 0.25) is 5.02 Å². The second kappa shape index (κ2) is 6.34. The number of hydrogen-bond acceptors (Lipinski definition) is 2. The summed E-state index contributed by atoms with van der Waals surface area (Å²) in [5.74, 6) is 0.0974. The lowest BCUT2D eigenvalue weighted by Crippen LogP contribution is -2.23. The highest BCUT2D eigenvalue weighted by Crippen LogP contribution is 2.32. The third-order valence-corrected chi connectivity index (χ3v) is 4.81. The van der Waals surface area contributed by atoms with E-state index in [1.165, 1.54) is 0 Å². The van der Waals surface area contributed by atoms with E-state index in [1.54, 1.807) is 6.20 Å². The minimum atomic E-state index is 0.0974. The second-order valence-corrected chi connectivity index (χ2v) is 6.79. The Balaban J connectivity index is 1.64. The molecule has 3 nitrogen and oxygen atoms in total. The molecule has 0 unspecified atom stereocenters. The van der Waals surface area contributed by atoms with Crippen molar-refractivity contribution in [3.63, 3.8) is 0 Å². The van der Waals surface area contributed by atoms with Gasteiger partial charge in [0.15, 0.2) is 0 Å². The molecule has 0 fully saturated rings. The third kappa shape index (κ3) is 3.03. The molecule has 0 atom stereocenters. The van der Waals surface area contributed by atoms with Gasteiger partial charge in [-0.1, -0.05) is 35.9 Å². The predicted octanol–water partition coefficient (Wildman–Crippen LogP) is 4.87. The lowest BCUT2D eigenvalue weighted by molar-refractivity contribution is 0.0766. The summed E-state index contributed by atoms with van der Waals surface area (Å²) in [5, 5.41) is 0.705. The minimum absolute atomic E-state index is 0.0974. The predicted molar refractivity (Wildman–Crippen MR) is 99.4 cm³/mol. The van der Waals surface area contributed by atoms with Crippen LogP contribution in [0.15, 0.2) is 60.9 Å². The normalized spacial score (nSPS) is 13.2. The van der Waals surface area contributed by atoms with Crippen molar-refractivity contribution in [1.29, 1.82) is 0 Å². The first kappa shape index (κ1) is 15.9. The summed E-state index contributed by atoms with van der Waals surface area (Å²) in [6.45, 7) is 3.22. The average molecular weight is 349 g/mol. The van der Waals surface area contributed by atoms with E-state index in [0.29, 0.717) is 18.1 Å². The summed E-state index contributed by atoms with van der Waals surface area (Å²) in [6, 6.07) is 15.8. The molecular weight excluding hydrogens is 332 g/mol. The fraction of sp³-hybridized carbons (Fsp3) is 0.143. The van der Waals surface area contributed by atoms with Crippen molar-refractivity contribution >= 4 is 17.5 Å². The highest BCUT2D eigenvalue weighted by Gasteiger charge is 2.29. The summed E-state index contributed by atoms with van der Waals surface area (Å²) in [7, 11) is 0. The Labute approximate surface area is 151 Å². The Bertz CT molecular complexity index is 936. The maximum atomic E-state index is 12.8. The monoisotopic (exact) mass is 348 g/mol. The number of carbonyl (C=O) groups is 1. The van der Waals surface area contributed by atoms with Gasteiger partial charge in [-0.3, -0.25) is 9.78 Å². The van der Waals surface area contributed by atoms with Crippen molar-refractivity contribution in [2.45, 2.75) is 20.0 Å². The zero-order chi connectivity index (χ0) is 17.4. The van der Waals surface area contributed by atoms with Crippen LogP contribution in [-0.2, 0) is 13.1 Å². The van der Waals surface area contributed by atoms with Crippen LogP contribution in [0.1, 0.15) is 27.0 Å². The molecule has 0 saturated heterocycles. The number of hydrogen-bond donors (Lipinski definition) is 0. The largest absolute Gasteiger partial charge is 0.330 e. The van der Waals surface area contributed by atoms with E-state index in [4.69, 9.17) is 11.6 Å². The van der Waals surface area contributed by atoms with E-state index >= 15 is 0 Å². The maximum absolute atomic E-state index is 12.8. The summed E-state index contributed by atoms with van der Waals surface area (Å²) in [5.41, 5.74) is 6.18. The van der Waals surface area contributed by atoms with E-state index in [1.807, 2.05) is 54.4 Å². The number of aromatic nitrogens is 1. The van der Waals surface area contributed by atoms with Crippen molar-refractivity contribution in [2.75, 3.05) is 0 Å². The van der Waals surface area contributed by atoms with Gasteiger partial charge in [-0.05, 0) is 53.4 Å². The van der Waals surface area contributed by atoms with Crippen molar-refractivity contribution in [2.24, 2.45) is 0 Å². The van der Waals surface area contributed by atoms with Gasteiger partial charge in [-0.25, -0.2) is 0 Å². The molecule has 2 aromatic carbocycles. The molecule has 1 aliphatic heterocycles. The van der Waals surface area contributed by atoms with Crippen LogP contribution < -0.4 is 0 Å². The third-order valence-electron chi connectivity index (χ3n) is 4.56. The molecule has 2 heterocycles. The van der Waals surface area contributed by atoms with Crippen molar-refractivity contribution < 1.29 is 4.79 Å². The Kier molecular flexibility index (Phi) is 4.02. The number of halogens is 1. The van der Waals surface area contributed by atoms with Gasteiger partial charge in [0.05, 0.1) is 0 Å². The Hall–Kier alpha value is -2.65. The van der Waals surface area contributed by atoms with Crippen LogP contribution in [0.4, 0.5) is 0 Å². The van der Waals surface area contributed by atoms with Crippen LogP contribution in [0.25, 0.3) is 11.1 Å². The first-order chi connectivity index (χ1) is 12.1. The lowest BCUT2D eigenvalue weighted by atomic mass is 9.97. The van der Waals surface area contributed by atoms with Gasteiger partial charge in [0.25, 0.3) is 5.91 Å². The lowest BCUT2D eigenvalue weighted by Gasteiger charge is -2.15. The average Bonchev–Trinajstić information content (AvgIpc) is 2.94. The molecule has 124 valence electrons. The molecule has 0 saturated carbocycles. The molecule has 0 aliphatic carbocycles. The fourth-order valence-electron chi connectivity index (χ4n) is 3.36. The second-order valence-electron chi connectivity index (χ2n) is 6.36. The van der Waals surface area contributed by atoms with E-state index in [0.717, 1.165) is 33.4 Å². The molecular formula is C21H17ClN2O. The van der Waals surface area contributed by atoms with Crippen molar-refractivity contribution in [3.05, 3.63) is 88.2 Å². The van der Waals surface area contributed by atoms with Crippen LogP contribution in [0, 0.1) is 6.92 Å². The standard InChI is InChI=1S/C21H17ClN2O/c1-14-9-17(16-3-2-8-23-11-16)10-18-13-24(21(25)20(14)18)12-15-4-6-19(22)7-5-15/h2-11H,12-13H2,1H3. The molecule has 0 spiro atoms. The van der Waals surface area contributed by atoms with E-state index in [2.05, 4.69) is 17.1 Å². The molecule has 1 amide bonds. The number of carbonyl (C=O) groups excluding carboxylic acids is 1. The number of rotatable bonds is 3. The van der Waals surface area contributed by atoms with Gasteiger partial charge < -0.3 is 4.90 Å². The quantitative estimate of drug-likeness (QED) is 0.676. The zero-order valence-electron chi connectivity index (χ0n) is 13.9. The van der Waals surface area contributed by atoms with Gasteiger partial charge >= 0.3 is 0 Å². The molecule has 0 radical (unpaired) electrons. The summed E-state index contributed by atoms with van der Waals surface area (Å²) < 4.78 is 0. The first-order valence-corrected chi connectivity index (χ1v) is 8.57. The number of pyridine rings is 1. The van der Waals surface area contributed by atoms with Crippen LogP contribution in [-0.4, -0.2) is 15.8 Å². The number of amides is 1. The van der Waals surface area contributed by atoms with Crippen molar-refractivity contribution in [1.82, 2.24) is 9.88 Å². The molecule has 0 N–H and O–H groups in total. The minimum Gasteiger partial charge on any atom is -0.330 e. The SMILES string of the molecule is Cc1cc(-c2cccnc2)cc2c1C(=O)N(Cc1ccc(Cl)cc1)C2. The topological polar surface area (TPSA) is 33.2 Å². The summed E-state index contributed by atoms with van der Waals surface area (Å²) in [4.78, 5) is 18.9. The summed E-state index contributed by atoms with van der Waals surface area (Å²) in [6.07, 6.45) is 3.62. The Morgan fingerprint density at radius 2 is 1.92 bits per heavy atom. The molecule has 1 aromatic heterocycles. The number of aryl methyl sites for hydroxylation is 1. The van der Waals surface area contributed by atoms with E-state index in [-0.39, 0.29) is 5.91 Å². The molecule has 4 rings (SSSR count). The molecule has 4 heteroatoms. The number of nitrogens with zero attached hydrogens (tertiary/aromatic N) is 2. The van der Waals surface area contributed by atoms with Gasteiger partial charge in [-0.15, -0.1) is 0 Å². The smallest absolute Gasteiger partial charge is 0.255 e. The van der Waals surface area contributed by atoms with Crippen LogP contribution >= 0.6 is 11.6 Å². The first-order valence-electron chi connectivity index (χ1n) is 8.19.